The fourth-order valence-electron chi connectivity index (χ4n) is 2.28. The first-order valence-electron chi connectivity index (χ1n) is 6.99. The Morgan fingerprint density at radius 2 is 1.70 bits per heavy atom. The first-order valence-corrected chi connectivity index (χ1v) is 6.99. The molecule has 0 spiro atoms. The van der Waals surface area contributed by atoms with Crippen molar-refractivity contribution in [2.45, 2.75) is 50.7 Å². The number of hydrogen-bond acceptors (Lipinski definition) is 4. The molecule has 0 heterocycles. The molecule has 0 atom stereocenters. The van der Waals surface area contributed by atoms with Gasteiger partial charge in [0, 0.05) is 6.04 Å². The topological polar surface area (TPSA) is 105 Å². The van der Waals surface area contributed by atoms with Gasteiger partial charge in [-0.1, -0.05) is 0 Å². The summed E-state index contributed by atoms with van der Waals surface area (Å²) in [6.07, 6.45) is 4.25. The fourth-order valence-corrected chi connectivity index (χ4v) is 2.28. The molecule has 2 rings (SSSR count). The maximum Gasteiger partial charge on any atom is 0.321 e. The molecule has 0 unspecified atom stereocenters. The van der Waals surface area contributed by atoms with Gasteiger partial charge in [0.2, 0.25) is 0 Å². The van der Waals surface area contributed by atoms with Gasteiger partial charge in [-0.15, -0.1) is 0 Å². The van der Waals surface area contributed by atoms with Crippen molar-refractivity contribution in [3.05, 3.63) is 0 Å². The second-order valence-corrected chi connectivity index (χ2v) is 5.42. The maximum atomic E-state index is 11.5. The zero-order valence-corrected chi connectivity index (χ0v) is 11.3. The Labute approximate surface area is 117 Å². The lowest BCUT2D eigenvalue weighted by atomic mass is 9.87. The molecule has 2 saturated carbocycles. The van der Waals surface area contributed by atoms with Crippen LogP contribution in [-0.2, 0) is 14.3 Å². The second-order valence-electron chi connectivity index (χ2n) is 5.42. The van der Waals surface area contributed by atoms with Crippen LogP contribution in [0.3, 0.4) is 0 Å². The van der Waals surface area contributed by atoms with Crippen molar-refractivity contribution in [2.24, 2.45) is 5.92 Å². The fraction of sp³-hybridized carbons (Fsp3) is 0.769. The van der Waals surface area contributed by atoms with E-state index in [1.54, 1.807) is 0 Å². The molecule has 0 saturated heterocycles. The number of imide groups is 1. The largest absolute Gasteiger partial charge is 0.481 e. The number of urea groups is 1. The van der Waals surface area contributed by atoms with Crippen molar-refractivity contribution in [3.8, 4) is 0 Å². The highest BCUT2D eigenvalue weighted by Gasteiger charge is 2.27. The molecule has 0 aliphatic heterocycles. The maximum absolute atomic E-state index is 11.5. The highest BCUT2D eigenvalue weighted by Crippen LogP contribution is 2.26. The molecule has 0 aromatic heterocycles. The van der Waals surface area contributed by atoms with E-state index >= 15 is 0 Å². The third kappa shape index (κ3) is 4.80. The summed E-state index contributed by atoms with van der Waals surface area (Å²) >= 11 is 0. The Bertz CT molecular complexity index is 386. The SMILES string of the molecule is O=C(COC1CCC(C(=O)O)CC1)NC(=O)NC1CC1. The van der Waals surface area contributed by atoms with Crippen LogP contribution in [0, 0.1) is 5.92 Å². The molecule has 7 nitrogen and oxygen atoms in total. The number of carboxylic acid groups (broad SMARTS) is 1. The van der Waals surface area contributed by atoms with E-state index in [2.05, 4.69) is 10.6 Å². The number of amides is 3. The van der Waals surface area contributed by atoms with Gasteiger partial charge in [-0.3, -0.25) is 14.9 Å². The van der Waals surface area contributed by atoms with Crippen LogP contribution < -0.4 is 10.6 Å². The molecule has 0 aromatic carbocycles. The zero-order valence-electron chi connectivity index (χ0n) is 11.3. The molecular weight excluding hydrogens is 264 g/mol. The van der Waals surface area contributed by atoms with Gasteiger partial charge in [0.05, 0.1) is 12.0 Å². The molecule has 0 radical (unpaired) electrons. The van der Waals surface area contributed by atoms with Crippen molar-refractivity contribution in [1.29, 1.82) is 0 Å². The summed E-state index contributed by atoms with van der Waals surface area (Å²) in [7, 11) is 0. The molecule has 3 amide bonds. The summed E-state index contributed by atoms with van der Waals surface area (Å²) in [6, 6.07) is -0.272. The second kappa shape index (κ2) is 6.69. The minimum Gasteiger partial charge on any atom is -0.481 e. The van der Waals surface area contributed by atoms with E-state index in [0.717, 1.165) is 12.8 Å². The minimum atomic E-state index is -0.766. The number of carbonyl (C=O) groups is 3. The van der Waals surface area contributed by atoms with Crippen LogP contribution in [0.5, 0.6) is 0 Å². The Kier molecular flexibility index (Phi) is 4.94. The first kappa shape index (κ1) is 14.8. The van der Waals surface area contributed by atoms with E-state index in [-0.39, 0.29) is 24.7 Å². The predicted molar refractivity (Wildman–Crippen MR) is 69.0 cm³/mol. The quantitative estimate of drug-likeness (QED) is 0.687. The summed E-state index contributed by atoms with van der Waals surface area (Å²) in [5.41, 5.74) is 0. The van der Waals surface area contributed by atoms with Crippen molar-refractivity contribution in [1.82, 2.24) is 10.6 Å². The number of hydrogen-bond donors (Lipinski definition) is 3. The lowest BCUT2D eigenvalue weighted by molar-refractivity contribution is -0.144. The van der Waals surface area contributed by atoms with Crippen LogP contribution >= 0.6 is 0 Å². The Hall–Kier alpha value is -1.63. The zero-order chi connectivity index (χ0) is 14.5. The van der Waals surface area contributed by atoms with Gasteiger partial charge in [-0.05, 0) is 38.5 Å². The van der Waals surface area contributed by atoms with E-state index < -0.39 is 17.9 Å². The van der Waals surface area contributed by atoms with Crippen molar-refractivity contribution in [2.75, 3.05) is 6.61 Å². The Balaban J connectivity index is 1.59. The van der Waals surface area contributed by atoms with Gasteiger partial charge in [-0.25, -0.2) is 4.79 Å². The molecule has 2 fully saturated rings. The molecule has 7 heteroatoms. The van der Waals surface area contributed by atoms with E-state index in [1.165, 1.54) is 0 Å². The van der Waals surface area contributed by atoms with Gasteiger partial charge >= 0.3 is 12.0 Å². The van der Waals surface area contributed by atoms with Gasteiger partial charge in [0.15, 0.2) is 0 Å². The lowest BCUT2D eigenvalue weighted by Gasteiger charge is -2.25. The third-order valence-electron chi connectivity index (χ3n) is 3.64. The standard InChI is InChI=1S/C13H20N2O5/c16-11(15-13(19)14-9-3-4-9)7-20-10-5-1-8(2-6-10)12(17)18/h8-10H,1-7H2,(H,17,18)(H2,14,15,16,19). The van der Waals surface area contributed by atoms with E-state index in [9.17, 15) is 14.4 Å². The molecule has 2 aliphatic carbocycles. The molecular formula is C13H20N2O5. The summed E-state index contributed by atoms with van der Waals surface area (Å²) in [4.78, 5) is 33.6. The van der Waals surface area contributed by atoms with Gasteiger partial charge in [0.1, 0.15) is 6.61 Å². The Morgan fingerprint density at radius 3 is 2.25 bits per heavy atom. The van der Waals surface area contributed by atoms with E-state index in [4.69, 9.17) is 9.84 Å². The smallest absolute Gasteiger partial charge is 0.321 e. The van der Waals surface area contributed by atoms with Crippen LogP contribution in [0.1, 0.15) is 38.5 Å². The number of ether oxygens (including phenoxy) is 1. The number of carboxylic acids is 1. The molecule has 0 bridgehead atoms. The highest BCUT2D eigenvalue weighted by atomic mass is 16.5. The first-order chi connectivity index (χ1) is 9.54. The van der Waals surface area contributed by atoms with Crippen LogP contribution in [0.25, 0.3) is 0 Å². The monoisotopic (exact) mass is 284 g/mol. The number of aliphatic carboxylic acids is 1. The van der Waals surface area contributed by atoms with E-state index in [1.807, 2.05) is 0 Å². The molecule has 3 N–H and O–H groups in total. The van der Waals surface area contributed by atoms with Crippen LogP contribution in [0.4, 0.5) is 4.79 Å². The summed E-state index contributed by atoms with van der Waals surface area (Å²) in [5.74, 6) is -1.53. The lowest BCUT2D eigenvalue weighted by Crippen LogP contribution is -2.42. The normalized spacial score (nSPS) is 25.8. The predicted octanol–water partition coefficient (Wildman–Crippen LogP) is 0.635. The van der Waals surface area contributed by atoms with Crippen LogP contribution in [0.2, 0.25) is 0 Å². The number of nitrogens with one attached hydrogen (secondary N) is 2. The van der Waals surface area contributed by atoms with Gasteiger partial charge in [-0.2, -0.15) is 0 Å². The van der Waals surface area contributed by atoms with E-state index in [0.29, 0.717) is 25.7 Å². The number of rotatable bonds is 5. The van der Waals surface area contributed by atoms with Crippen molar-refractivity contribution in [3.63, 3.8) is 0 Å². The molecule has 20 heavy (non-hydrogen) atoms. The summed E-state index contributed by atoms with van der Waals surface area (Å²) < 4.78 is 5.41. The van der Waals surface area contributed by atoms with Crippen LogP contribution in [-0.4, -0.2) is 41.8 Å². The average molecular weight is 284 g/mol. The molecule has 2 aliphatic rings. The summed E-state index contributed by atoms with van der Waals surface area (Å²) in [5, 5.41) is 13.7. The molecule has 112 valence electrons. The number of carbonyl (C=O) groups excluding carboxylic acids is 2. The average Bonchev–Trinajstić information content (AvgIpc) is 3.20. The van der Waals surface area contributed by atoms with Gasteiger partial charge in [0.25, 0.3) is 5.91 Å². The third-order valence-corrected chi connectivity index (χ3v) is 3.64. The highest BCUT2D eigenvalue weighted by molar-refractivity contribution is 5.95. The minimum absolute atomic E-state index is 0.0946. The molecule has 0 aromatic rings. The van der Waals surface area contributed by atoms with Crippen molar-refractivity contribution < 1.29 is 24.2 Å². The Morgan fingerprint density at radius 1 is 1.05 bits per heavy atom. The van der Waals surface area contributed by atoms with Crippen molar-refractivity contribution >= 4 is 17.9 Å². The van der Waals surface area contributed by atoms with Crippen LogP contribution in [0.15, 0.2) is 0 Å². The summed E-state index contributed by atoms with van der Waals surface area (Å²) in [6.45, 7) is -0.166. The van der Waals surface area contributed by atoms with Gasteiger partial charge < -0.3 is 15.2 Å².